The smallest absolute Gasteiger partial charge is 0.0104 e. The van der Waals surface area contributed by atoms with E-state index >= 15 is 0 Å². The molecule has 0 amide bonds. The van der Waals surface area contributed by atoms with Crippen LogP contribution in [0.2, 0.25) is 0 Å². The average Bonchev–Trinajstić information content (AvgIpc) is 0.918. The summed E-state index contributed by atoms with van der Waals surface area (Å²) in [5.74, 6) is 0. The summed E-state index contributed by atoms with van der Waals surface area (Å²) in [4.78, 5) is 0. The van der Waals surface area contributed by atoms with Crippen molar-refractivity contribution in [3.8, 4) is 0 Å². The molecule has 6 heavy (non-hydrogen) atoms. The summed E-state index contributed by atoms with van der Waals surface area (Å²) in [5, 5.41) is 1.25. The Bertz CT molecular complexity index is 11.5. The zero-order chi connectivity index (χ0) is 2.71. The third-order valence-electron chi connectivity index (χ3n) is 0. The molecule has 0 atom stereocenters. The molecule has 0 aromatic carbocycles. The van der Waals surface area contributed by atoms with Gasteiger partial charge in [0.25, 0.3) is 0 Å². The molecule has 0 saturated heterocycles. The van der Waals surface area contributed by atoms with E-state index in [-0.39, 0.29) is 53.6 Å². The summed E-state index contributed by atoms with van der Waals surface area (Å²) >= 11 is 0. The standard InChI is InChI=1S/F2O.Ni.2V/c1-3-2;;;. The van der Waals surface area contributed by atoms with Gasteiger partial charge in [-0.15, -0.1) is 0 Å². The van der Waals surface area contributed by atoms with Gasteiger partial charge in [0.1, 0.15) is 0 Å². The first-order chi connectivity index (χ1) is 1.41. The van der Waals surface area contributed by atoms with Crippen LogP contribution in [0.4, 0.5) is 9.05 Å². The molecule has 0 fully saturated rings. The van der Waals surface area contributed by atoms with Gasteiger partial charge in [-0.1, -0.05) is 0 Å². The van der Waals surface area contributed by atoms with E-state index in [1.165, 1.54) is 5.15 Å². The molecule has 0 aromatic heterocycles. The number of hydrogen-bond acceptors (Lipinski definition) is 1. The van der Waals surface area contributed by atoms with Crippen LogP contribution in [0.3, 0.4) is 0 Å². The summed E-state index contributed by atoms with van der Waals surface area (Å²) in [6.07, 6.45) is 0. The summed E-state index contributed by atoms with van der Waals surface area (Å²) in [7, 11) is 0. The summed E-state index contributed by atoms with van der Waals surface area (Å²) in [6.45, 7) is 0. The number of halogens is 2. The average molecular weight is 215 g/mol. The number of hydrogen-bond donors (Lipinski definition) is 0. The van der Waals surface area contributed by atoms with Gasteiger partial charge in [-0.05, 0) is 9.05 Å². The van der Waals surface area contributed by atoms with Crippen LogP contribution in [0.5, 0.6) is 0 Å². The minimum Gasteiger partial charge on any atom is -0.0104 e. The van der Waals surface area contributed by atoms with Gasteiger partial charge in [0.05, 0.1) is 0 Å². The zero-order valence-corrected chi connectivity index (χ0v) is 6.16. The normalized spacial score (nSPS) is 3.00. The molecule has 0 aliphatic carbocycles. The molecule has 2 radical (unpaired) electrons. The first kappa shape index (κ1) is 25.9. The van der Waals surface area contributed by atoms with E-state index in [9.17, 15) is 0 Å². The second kappa shape index (κ2) is 31.6. The van der Waals surface area contributed by atoms with Crippen LogP contribution in [0.25, 0.3) is 0 Å². The molecule has 0 saturated carbocycles. The van der Waals surface area contributed by atoms with Crippen molar-refractivity contribution >= 4 is 0 Å². The van der Waals surface area contributed by atoms with Gasteiger partial charge in [0.2, 0.25) is 0 Å². The van der Waals surface area contributed by atoms with E-state index in [2.05, 4.69) is 0 Å². The molecule has 0 N–H and O–H groups in total. The van der Waals surface area contributed by atoms with E-state index in [0.717, 1.165) is 0 Å². The van der Waals surface area contributed by atoms with E-state index in [1.54, 1.807) is 0 Å². The van der Waals surface area contributed by atoms with Gasteiger partial charge in [-0.25, -0.2) is 0 Å². The molecule has 0 aromatic rings. The molecule has 6 heteroatoms. The van der Waals surface area contributed by atoms with Crippen LogP contribution in [0, 0.1) is 0 Å². The van der Waals surface area contributed by atoms with Gasteiger partial charge >= 0.3 is 0 Å². The molecule has 0 aliphatic rings. The van der Waals surface area contributed by atoms with Crippen molar-refractivity contribution in [3.63, 3.8) is 0 Å². The van der Waals surface area contributed by atoms with E-state index in [1.807, 2.05) is 0 Å². The Kier molecular flexibility index (Phi) is 137. The van der Waals surface area contributed by atoms with Gasteiger partial charge in [0.15, 0.2) is 0 Å². The van der Waals surface area contributed by atoms with Crippen LogP contribution in [0.1, 0.15) is 0 Å². The Morgan fingerprint density at radius 2 is 1.00 bits per heavy atom. The van der Waals surface area contributed by atoms with Crippen LogP contribution >= 0.6 is 0 Å². The predicted molar refractivity (Wildman–Crippen MR) is 3.30 cm³/mol. The van der Waals surface area contributed by atoms with Crippen LogP contribution in [-0.4, -0.2) is 0 Å². The Labute approximate surface area is 67.7 Å². The van der Waals surface area contributed by atoms with Crippen molar-refractivity contribution in [1.82, 2.24) is 0 Å². The summed E-state index contributed by atoms with van der Waals surface area (Å²) in [6, 6.07) is 0. The van der Waals surface area contributed by atoms with Crippen molar-refractivity contribution in [1.29, 1.82) is 0 Å². The molecule has 0 spiro atoms. The Hall–Kier alpha value is 1.48. The van der Waals surface area contributed by atoms with Crippen LogP contribution in [-0.2, 0) is 58.7 Å². The largest absolute Gasteiger partial charge is 0.0209 e. The Morgan fingerprint density at radius 1 is 1.00 bits per heavy atom. The van der Waals surface area contributed by atoms with E-state index < -0.39 is 0 Å². The molecule has 0 heterocycles. The first-order valence-corrected chi connectivity index (χ1v) is 0.309. The van der Waals surface area contributed by atoms with Gasteiger partial charge in [-0.2, -0.15) is 0 Å². The molecular formula is F2NiOV2. The quantitative estimate of drug-likeness (QED) is 0.541. The molecule has 40 valence electrons. The fraction of sp³-hybridized carbons (Fsp3) is 0. The monoisotopic (exact) mass is 214 g/mol. The van der Waals surface area contributed by atoms with Crippen molar-refractivity contribution in [2.24, 2.45) is 0 Å². The third kappa shape index (κ3) is 50.1. The maximum Gasteiger partial charge on any atom is 0.0209 e. The molecular weight excluding hydrogens is 215 g/mol. The maximum absolute atomic E-state index is 9.12. The summed E-state index contributed by atoms with van der Waals surface area (Å²) in [5.41, 5.74) is 0. The van der Waals surface area contributed by atoms with Crippen molar-refractivity contribution in [2.45, 2.75) is 0 Å². The van der Waals surface area contributed by atoms with Crippen molar-refractivity contribution in [2.75, 3.05) is 0 Å². The second-order valence-corrected chi connectivity index (χ2v) is 0.0583. The van der Waals surface area contributed by atoms with Crippen molar-refractivity contribution < 1.29 is 67.8 Å². The zero-order valence-electron chi connectivity index (χ0n) is 2.37. The SMILES string of the molecule is FOF.[Ni].[V].[V]. The molecule has 0 unspecified atom stereocenters. The second-order valence-electron chi connectivity index (χ2n) is 0.0583. The Morgan fingerprint density at radius 3 is 1.00 bits per heavy atom. The topological polar surface area (TPSA) is 9.23 Å². The van der Waals surface area contributed by atoms with Gasteiger partial charge in [0, 0.05) is 58.7 Å². The van der Waals surface area contributed by atoms with E-state index in [4.69, 9.17) is 9.05 Å². The minimum absolute atomic E-state index is 0. The van der Waals surface area contributed by atoms with E-state index in [0.29, 0.717) is 0 Å². The molecule has 0 rings (SSSR count). The molecule has 1 nitrogen and oxygen atoms in total. The maximum atomic E-state index is 9.12. The summed E-state index contributed by atoms with van der Waals surface area (Å²) < 4.78 is 18.2. The van der Waals surface area contributed by atoms with Crippen molar-refractivity contribution in [3.05, 3.63) is 0 Å². The fourth-order valence-electron chi connectivity index (χ4n) is 0. The fourth-order valence-corrected chi connectivity index (χ4v) is 0. The van der Waals surface area contributed by atoms with Gasteiger partial charge < -0.3 is 0 Å². The first-order valence-electron chi connectivity index (χ1n) is 0.309. The van der Waals surface area contributed by atoms with Crippen LogP contribution < -0.4 is 0 Å². The predicted octanol–water partition coefficient (Wildman–Crippen LogP) is 0.765. The molecule has 0 bridgehead atoms. The third-order valence-corrected chi connectivity index (χ3v) is 0. The number of rotatable bonds is 0. The van der Waals surface area contributed by atoms with Crippen LogP contribution in [0.15, 0.2) is 0 Å². The molecule has 0 aliphatic heterocycles. The minimum atomic E-state index is 0. The van der Waals surface area contributed by atoms with Gasteiger partial charge in [-0.3, -0.25) is 0 Å². The Balaban J connectivity index is -0.00000000667.